The zero-order valence-corrected chi connectivity index (χ0v) is 12.5. The highest BCUT2D eigenvalue weighted by molar-refractivity contribution is 6.06. The highest BCUT2D eigenvalue weighted by atomic mass is 16.2. The summed E-state index contributed by atoms with van der Waals surface area (Å²) >= 11 is 0. The molecule has 1 aromatic carbocycles. The van der Waals surface area contributed by atoms with Crippen LogP contribution in [0, 0.1) is 0 Å². The lowest BCUT2D eigenvalue weighted by molar-refractivity contribution is 0.0973. The molecule has 2 N–H and O–H groups in total. The number of aromatic nitrogens is 1. The molecule has 0 radical (unpaired) electrons. The number of para-hydroxylation sites is 1. The molecular weight excluding hydrogens is 262 g/mol. The first kappa shape index (κ1) is 13.9. The number of anilines is 1. The fourth-order valence-electron chi connectivity index (χ4n) is 2.98. The van der Waals surface area contributed by atoms with Gasteiger partial charge in [0, 0.05) is 30.5 Å². The number of rotatable bonds is 2. The summed E-state index contributed by atoms with van der Waals surface area (Å²) in [7, 11) is 0. The molecule has 0 spiro atoms. The van der Waals surface area contributed by atoms with Crippen LogP contribution in [-0.2, 0) is 6.42 Å². The lowest BCUT2D eigenvalue weighted by Gasteiger charge is -2.33. The molecule has 0 saturated carbocycles. The Hall–Kier alpha value is -2.07. The van der Waals surface area contributed by atoms with Gasteiger partial charge in [-0.15, -0.1) is 0 Å². The third kappa shape index (κ3) is 2.47. The van der Waals surface area contributed by atoms with Gasteiger partial charge in [0.1, 0.15) is 5.69 Å². The molecule has 110 valence electrons. The lowest BCUT2D eigenvalue weighted by Crippen LogP contribution is -2.46. The van der Waals surface area contributed by atoms with Gasteiger partial charge in [0.2, 0.25) is 0 Å². The van der Waals surface area contributed by atoms with Crippen molar-refractivity contribution in [1.82, 2.24) is 4.57 Å². The second-order valence-corrected chi connectivity index (χ2v) is 5.90. The van der Waals surface area contributed by atoms with Gasteiger partial charge in [-0.2, -0.15) is 0 Å². The largest absolute Gasteiger partial charge is 0.341 e. The molecule has 1 amide bonds. The Balaban J connectivity index is 2.00. The minimum Gasteiger partial charge on any atom is -0.341 e. The van der Waals surface area contributed by atoms with Gasteiger partial charge < -0.3 is 15.2 Å². The molecule has 21 heavy (non-hydrogen) atoms. The number of hydrogen-bond acceptors (Lipinski definition) is 2. The van der Waals surface area contributed by atoms with Crippen LogP contribution in [0.2, 0.25) is 0 Å². The Bertz CT molecular complexity index is 660. The molecule has 1 aliphatic heterocycles. The Kier molecular flexibility index (Phi) is 3.55. The number of fused-ring (bicyclic) bond motifs is 1. The second kappa shape index (κ2) is 5.37. The van der Waals surface area contributed by atoms with Gasteiger partial charge in [0.05, 0.1) is 0 Å². The predicted molar refractivity (Wildman–Crippen MR) is 84.6 cm³/mol. The highest BCUT2D eigenvalue weighted by Crippen LogP contribution is 2.28. The third-order valence-electron chi connectivity index (χ3n) is 3.98. The SMILES string of the molecule is CC(C)n1cccc1C(=O)N1CC(N)Cc2ccccc21. The highest BCUT2D eigenvalue weighted by Gasteiger charge is 2.28. The predicted octanol–water partition coefficient (Wildman–Crippen LogP) is 2.60. The first-order chi connectivity index (χ1) is 10.1. The quantitative estimate of drug-likeness (QED) is 0.921. The van der Waals surface area contributed by atoms with Gasteiger partial charge >= 0.3 is 0 Å². The Morgan fingerprint density at radius 2 is 2.00 bits per heavy atom. The van der Waals surface area contributed by atoms with Gasteiger partial charge in [-0.1, -0.05) is 18.2 Å². The Morgan fingerprint density at radius 1 is 1.24 bits per heavy atom. The molecule has 0 bridgehead atoms. The molecule has 2 heterocycles. The maximum atomic E-state index is 12.9. The molecule has 0 saturated heterocycles. The lowest BCUT2D eigenvalue weighted by atomic mass is 9.98. The van der Waals surface area contributed by atoms with Gasteiger partial charge in [0.25, 0.3) is 5.91 Å². The Morgan fingerprint density at radius 3 is 2.76 bits per heavy atom. The molecule has 1 unspecified atom stereocenters. The first-order valence-corrected chi connectivity index (χ1v) is 7.40. The van der Waals surface area contributed by atoms with Crippen LogP contribution in [0.4, 0.5) is 5.69 Å². The molecule has 1 atom stereocenters. The van der Waals surface area contributed by atoms with Crippen LogP contribution in [0.5, 0.6) is 0 Å². The standard InChI is InChI=1S/C17H21N3O/c1-12(2)19-9-5-8-16(19)17(21)20-11-14(18)10-13-6-3-4-7-15(13)20/h3-9,12,14H,10-11,18H2,1-2H3. The van der Waals surface area contributed by atoms with E-state index in [1.807, 2.05) is 46.0 Å². The topological polar surface area (TPSA) is 51.3 Å². The number of benzene rings is 1. The summed E-state index contributed by atoms with van der Waals surface area (Å²) in [6.45, 7) is 4.72. The third-order valence-corrected chi connectivity index (χ3v) is 3.98. The van der Waals surface area contributed by atoms with Crippen LogP contribution in [0.15, 0.2) is 42.6 Å². The molecule has 1 aliphatic rings. The van der Waals surface area contributed by atoms with Crippen molar-refractivity contribution >= 4 is 11.6 Å². The molecule has 3 rings (SSSR count). The van der Waals surface area contributed by atoms with E-state index in [9.17, 15) is 4.79 Å². The van der Waals surface area contributed by atoms with Crippen LogP contribution in [-0.4, -0.2) is 23.1 Å². The molecule has 4 heteroatoms. The molecule has 2 aromatic rings. The molecule has 0 aliphatic carbocycles. The monoisotopic (exact) mass is 283 g/mol. The number of hydrogen-bond donors (Lipinski definition) is 1. The molecular formula is C17H21N3O. The molecule has 4 nitrogen and oxygen atoms in total. The van der Waals surface area contributed by atoms with Crippen LogP contribution in [0.25, 0.3) is 0 Å². The van der Waals surface area contributed by atoms with Crippen molar-refractivity contribution in [1.29, 1.82) is 0 Å². The van der Waals surface area contributed by atoms with E-state index in [-0.39, 0.29) is 18.0 Å². The maximum Gasteiger partial charge on any atom is 0.274 e. The van der Waals surface area contributed by atoms with Crippen LogP contribution in [0.1, 0.15) is 35.9 Å². The van der Waals surface area contributed by atoms with E-state index in [1.165, 1.54) is 0 Å². The van der Waals surface area contributed by atoms with Crippen LogP contribution in [0.3, 0.4) is 0 Å². The van der Waals surface area contributed by atoms with Crippen molar-refractivity contribution < 1.29 is 4.79 Å². The summed E-state index contributed by atoms with van der Waals surface area (Å²) in [4.78, 5) is 14.8. The van der Waals surface area contributed by atoms with Gasteiger partial charge in [0.15, 0.2) is 0 Å². The van der Waals surface area contributed by atoms with Crippen LogP contribution >= 0.6 is 0 Å². The number of amides is 1. The smallest absolute Gasteiger partial charge is 0.274 e. The van der Waals surface area contributed by atoms with Crippen molar-refractivity contribution in [3.05, 3.63) is 53.9 Å². The minimum absolute atomic E-state index is 0.00804. The van der Waals surface area contributed by atoms with Crippen molar-refractivity contribution in [2.45, 2.75) is 32.4 Å². The average molecular weight is 283 g/mol. The molecule has 0 fully saturated rings. The van der Waals surface area contributed by atoms with Crippen molar-refractivity contribution in [2.75, 3.05) is 11.4 Å². The number of nitrogens with two attached hydrogens (primary N) is 1. The van der Waals surface area contributed by atoms with E-state index in [2.05, 4.69) is 19.9 Å². The van der Waals surface area contributed by atoms with Gasteiger partial charge in [-0.3, -0.25) is 4.79 Å². The van der Waals surface area contributed by atoms with Crippen molar-refractivity contribution in [3.63, 3.8) is 0 Å². The summed E-state index contributed by atoms with van der Waals surface area (Å²) in [6, 6.07) is 12.1. The number of carbonyl (C=O) groups excluding carboxylic acids is 1. The van der Waals surface area contributed by atoms with E-state index in [0.717, 1.165) is 17.7 Å². The van der Waals surface area contributed by atoms with Crippen LogP contribution < -0.4 is 10.6 Å². The minimum atomic E-state index is -0.00804. The number of carbonyl (C=O) groups is 1. The van der Waals surface area contributed by atoms with Crippen molar-refractivity contribution in [2.24, 2.45) is 5.73 Å². The zero-order valence-electron chi connectivity index (χ0n) is 12.5. The summed E-state index contributed by atoms with van der Waals surface area (Å²) in [6.07, 6.45) is 2.78. The normalized spacial score (nSPS) is 17.9. The van der Waals surface area contributed by atoms with E-state index in [4.69, 9.17) is 5.73 Å². The fraction of sp³-hybridized carbons (Fsp3) is 0.353. The van der Waals surface area contributed by atoms with Gasteiger partial charge in [-0.05, 0) is 44.0 Å². The maximum absolute atomic E-state index is 12.9. The number of nitrogens with zero attached hydrogens (tertiary/aromatic N) is 2. The summed E-state index contributed by atoms with van der Waals surface area (Å²) in [5, 5.41) is 0. The van der Waals surface area contributed by atoms with E-state index >= 15 is 0 Å². The Labute approximate surface area is 125 Å². The van der Waals surface area contributed by atoms with E-state index in [0.29, 0.717) is 12.2 Å². The average Bonchev–Trinajstić information content (AvgIpc) is 2.95. The second-order valence-electron chi connectivity index (χ2n) is 5.90. The summed E-state index contributed by atoms with van der Waals surface area (Å²) < 4.78 is 2.01. The summed E-state index contributed by atoms with van der Waals surface area (Å²) in [5.41, 5.74) is 8.98. The fourth-order valence-corrected chi connectivity index (χ4v) is 2.98. The van der Waals surface area contributed by atoms with E-state index < -0.39 is 0 Å². The first-order valence-electron chi connectivity index (χ1n) is 7.40. The van der Waals surface area contributed by atoms with Crippen molar-refractivity contribution in [3.8, 4) is 0 Å². The van der Waals surface area contributed by atoms with Gasteiger partial charge in [-0.25, -0.2) is 0 Å². The van der Waals surface area contributed by atoms with E-state index in [1.54, 1.807) is 0 Å². The zero-order chi connectivity index (χ0) is 15.0. The summed E-state index contributed by atoms with van der Waals surface area (Å²) in [5.74, 6) is 0.0244. The molecule has 1 aromatic heterocycles.